The second kappa shape index (κ2) is 3.12. The van der Waals surface area contributed by atoms with Gasteiger partial charge in [0.1, 0.15) is 6.29 Å². The lowest BCUT2D eigenvalue weighted by Gasteiger charge is -2.33. The average molecular weight is 163 g/mol. The van der Waals surface area contributed by atoms with E-state index >= 15 is 0 Å². The minimum absolute atomic E-state index is 0.0648. The molecule has 1 heterocycles. The Bertz CT molecular complexity index is 187. The van der Waals surface area contributed by atoms with Crippen LogP contribution < -0.4 is 0 Å². The molecule has 1 aliphatic heterocycles. The third kappa shape index (κ3) is 1.78. The summed E-state index contributed by atoms with van der Waals surface area (Å²) >= 11 is 0. The molecule has 1 aliphatic rings. The van der Waals surface area contributed by atoms with Crippen molar-refractivity contribution < 1.29 is 13.2 Å². The Kier molecular flexibility index (Phi) is 2.39. The van der Waals surface area contributed by atoms with Crippen LogP contribution in [0.15, 0.2) is 0 Å². The number of rotatable bonds is 3. The van der Waals surface area contributed by atoms with Gasteiger partial charge in [-0.3, -0.25) is 4.90 Å². The number of carbonyl (C=O) groups excluding carboxylic acids is 1. The quantitative estimate of drug-likeness (QED) is 0.414. The lowest BCUT2D eigenvalue weighted by atomic mass is 10.0. The first-order valence-corrected chi connectivity index (χ1v) is 4.38. The monoisotopic (exact) mass is 163 g/mol. The topological polar surface area (TPSA) is 54.5 Å². The van der Waals surface area contributed by atoms with E-state index < -0.39 is 10.7 Å². The smallest absolute Gasteiger partial charge is 0.153 e. The van der Waals surface area contributed by atoms with Crippen LogP contribution in [0.1, 0.15) is 0 Å². The van der Waals surface area contributed by atoms with E-state index in [0.29, 0.717) is 13.1 Å². The van der Waals surface area contributed by atoms with Gasteiger partial charge in [-0.15, -0.1) is 0 Å². The Hall–Kier alpha value is -0.420. The fraction of sp³-hybridized carbons (Fsp3) is 0.800. The summed E-state index contributed by atoms with van der Waals surface area (Å²) in [6.45, 7) is 1.21. The third-order valence-electron chi connectivity index (χ3n) is 1.49. The van der Waals surface area contributed by atoms with E-state index in [9.17, 15) is 13.2 Å². The molecule has 0 unspecified atom stereocenters. The maximum absolute atomic E-state index is 10.1. The standard InChI is InChI=1S/C5H9NO3S/c7-3-5-1-6(2-5)4-10(8)9/h3,5,10H,1-2,4H2. The first-order chi connectivity index (χ1) is 4.72. The first-order valence-electron chi connectivity index (χ1n) is 3.02. The van der Waals surface area contributed by atoms with Crippen molar-refractivity contribution in [2.75, 3.05) is 19.0 Å². The van der Waals surface area contributed by atoms with Gasteiger partial charge < -0.3 is 4.79 Å². The SMILES string of the molecule is O=CC1CN(C[SH](=O)=O)C1. The molecule has 0 spiro atoms. The van der Waals surface area contributed by atoms with Crippen molar-refractivity contribution in [1.29, 1.82) is 0 Å². The number of nitrogens with zero attached hydrogens (tertiary/aromatic N) is 1. The Morgan fingerprint density at radius 1 is 1.50 bits per heavy atom. The number of likely N-dealkylation sites (tertiary alicyclic amines) is 1. The van der Waals surface area contributed by atoms with Crippen molar-refractivity contribution in [2.45, 2.75) is 0 Å². The Morgan fingerprint density at radius 3 is 2.50 bits per heavy atom. The van der Waals surface area contributed by atoms with Gasteiger partial charge in [-0.25, -0.2) is 8.42 Å². The van der Waals surface area contributed by atoms with Crippen molar-refractivity contribution in [3.8, 4) is 0 Å². The molecule has 0 bridgehead atoms. The highest BCUT2D eigenvalue weighted by atomic mass is 32.2. The molecule has 1 saturated heterocycles. The Labute approximate surface area is 60.8 Å². The average Bonchev–Trinajstić information content (AvgIpc) is 1.76. The zero-order valence-electron chi connectivity index (χ0n) is 5.40. The highest BCUT2D eigenvalue weighted by molar-refractivity contribution is 7.72. The van der Waals surface area contributed by atoms with Gasteiger partial charge >= 0.3 is 0 Å². The van der Waals surface area contributed by atoms with Crippen molar-refractivity contribution in [3.63, 3.8) is 0 Å². The predicted molar refractivity (Wildman–Crippen MR) is 36.3 cm³/mol. The lowest BCUT2D eigenvalue weighted by Crippen LogP contribution is -2.47. The first kappa shape index (κ1) is 7.68. The summed E-state index contributed by atoms with van der Waals surface area (Å²) in [6.07, 6.45) is 0.869. The number of aldehydes is 1. The van der Waals surface area contributed by atoms with E-state index in [-0.39, 0.29) is 11.8 Å². The number of thiol groups is 1. The minimum atomic E-state index is -2.31. The van der Waals surface area contributed by atoms with Gasteiger partial charge in [-0.1, -0.05) is 0 Å². The van der Waals surface area contributed by atoms with Crippen LogP contribution in [0, 0.1) is 5.92 Å². The molecule has 4 nitrogen and oxygen atoms in total. The predicted octanol–water partition coefficient (Wildman–Crippen LogP) is -1.31. The fourth-order valence-electron chi connectivity index (χ4n) is 0.975. The normalized spacial score (nSPS) is 20.9. The maximum atomic E-state index is 10.1. The summed E-state index contributed by atoms with van der Waals surface area (Å²) in [4.78, 5) is 11.8. The summed E-state index contributed by atoms with van der Waals surface area (Å²) in [6, 6.07) is 0. The van der Waals surface area contributed by atoms with Gasteiger partial charge in [0.2, 0.25) is 0 Å². The molecule has 0 aliphatic carbocycles. The second-order valence-electron chi connectivity index (χ2n) is 2.41. The second-order valence-corrected chi connectivity index (χ2v) is 3.35. The van der Waals surface area contributed by atoms with Gasteiger partial charge in [-0.05, 0) is 0 Å². The number of hydrogen-bond donors (Lipinski definition) is 1. The van der Waals surface area contributed by atoms with Crippen LogP contribution in [-0.2, 0) is 15.5 Å². The van der Waals surface area contributed by atoms with Crippen LogP contribution >= 0.6 is 0 Å². The highest BCUT2D eigenvalue weighted by Gasteiger charge is 2.25. The maximum Gasteiger partial charge on any atom is 0.153 e. The largest absolute Gasteiger partial charge is 0.303 e. The van der Waals surface area contributed by atoms with Crippen molar-refractivity contribution >= 4 is 17.0 Å². The molecule has 0 aromatic rings. The molecule has 0 aromatic heterocycles. The molecule has 1 rings (SSSR count). The molecule has 0 aromatic carbocycles. The van der Waals surface area contributed by atoms with E-state index in [0.717, 1.165) is 6.29 Å². The van der Waals surface area contributed by atoms with Crippen molar-refractivity contribution in [1.82, 2.24) is 4.90 Å². The fourth-order valence-corrected chi connectivity index (χ4v) is 1.53. The molecule has 1 fully saturated rings. The van der Waals surface area contributed by atoms with Gasteiger partial charge in [0.25, 0.3) is 0 Å². The van der Waals surface area contributed by atoms with Crippen LogP contribution in [0.5, 0.6) is 0 Å². The minimum Gasteiger partial charge on any atom is -0.303 e. The van der Waals surface area contributed by atoms with Crippen LogP contribution in [0.2, 0.25) is 0 Å². The summed E-state index contributed by atoms with van der Waals surface area (Å²) in [5.41, 5.74) is 0. The Morgan fingerprint density at radius 2 is 2.10 bits per heavy atom. The molecule has 0 N–H and O–H groups in total. The van der Waals surface area contributed by atoms with Crippen molar-refractivity contribution in [3.05, 3.63) is 0 Å². The van der Waals surface area contributed by atoms with Crippen LogP contribution in [0.25, 0.3) is 0 Å². The van der Waals surface area contributed by atoms with E-state index in [1.165, 1.54) is 0 Å². The molecular formula is C5H9NO3S. The molecule has 0 amide bonds. The molecular weight excluding hydrogens is 154 g/mol. The summed E-state index contributed by atoms with van der Waals surface area (Å²) in [5, 5.41) is 0. The Balaban J connectivity index is 2.20. The summed E-state index contributed by atoms with van der Waals surface area (Å²) in [5.74, 6) is 0.162. The van der Waals surface area contributed by atoms with E-state index in [1.54, 1.807) is 4.90 Å². The third-order valence-corrected chi connectivity index (χ3v) is 2.12. The zero-order chi connectivity index (χ0) is 7.56. The van der Waals surface area contributed by atoms with Crippen LogP contribution in [0.4, 0.5) is 0 Å². The lowest BCUT2D eigenvalue weighted by molar-refractivity contribution is -0.115. The molecule has 0 atom stereocenters. The van der Waals surface area contributed by atoms with Crippen LogP contribution in [0.3, 0.4) is 0 Å². The van der Waals surface area contributed by atoms with Gasteiger partial charge in [0, 0.05) is 19.0 Å². The van der Waals surface area contributed by atoms with Gasteiger partial charge in [-0.2, -0.15) is 0 Å². The van der Waals surface area contributed by atoms with Crippen LogP contribution in [-0.4, -0.2) is 38.6 Å². The zero-order valence-corrected chi connectivity index (χ0v) is 6.29. The number of hydrogen-bond acceptors (Lipinski definition) is 4. The molecule has 5 heteroatoms. The highest BCUT2D eigenvalue weighted by Crippen LogP contribution is 2.11. The van der Waals surface area contributed by atoms with Gasteiger partial charge in [0.15, 0.2) is 10.7 Å². The van der Waals surface area contributed by atoms with Crippen molar-refractivity contribution in [2.24, 2.45) is 5.92 Å². The van der Waals surface area contributed by atoms with E-state index in [4.69, 9.17) is 0 Å². The summed E-state index contributed by atoms with van der Waals surface area (Å²) < 4.78 is 20.2. The van der Waals surface area contributed by atoms with E-state index in [1.807, 2.05) is 0 Å². The van der Waals surface area contributed by atoms with Gasteiger partial charge in [0.05, 0.1) is 5.88 Å². The van der Waals surface area contributed by atoms with E-state index in [2.05, 4.69) is 0 Å². The molecule has 58 valence electrons. The molecule has 0 saturated carbocycles. The number of carbonyl (C=O) groups is 1. The summed E-state index contributed by atoms with van der Waals surface area (Å²) in [7, 11) is -2.31. The molecule has 0 radical (unpaired) electrons. The molecule has 10 heavy (non-hydrogen) atoms.